The van der Waals surface area contributed by atoms with Crippen LogP contribution in [0.4, 0.5) is 0 Å². The molecule has 0 radical (unpaired) electrons. The lowest BCUT2D eigenvalue weighted by Crippen LogP contribution is -2.04. The van der Waals surface area contributed by atoms with Crippen LogP contribution in [0.1, 0.15) is 17.5 Å². The Kier molecular flexibility index (Phi) is 3.81. The van der Waals surface area contributed by atoms with Crippen molar-refractivity contribution >= 4 is 22.8 Å². The molecule has 0 saturated carbocycles. The zero-order valence-electron chi connectivity index (χ0n) is 13.3. The van der Waals surface area contributed by atoms with Crippen LogP contribution in [0.3, 0.4) is 0 Å². The molecule has 0 aliphatic rings. The largest absolute Gasteiger partial charge is 0.448 e. The molecule has 24 heavy (non-hydrogen) atoms. The van der Waals surface area contributed by atoms with E-state index in [1.807, 2.05) is 31.2 Å². The van der Waals surface area contributed by atoms with Gasteiger partial charge in [0.2, 0.25) is 5.89 Å². The first-order valence-electron chi connectivity index (χ1n) is 7.42. The summed E-state index contributed by atoms with van der Waals surface area (Å²) in [6.07, 6.45) is 3.43. The number of hydrogen-bond donors (Lipinski definition) is 0. The first-order valence-corrected chi connectivity index (χ1v) is 8.81. The fourth-order valence-corrected chi connectivity index (χ4v) is 3.08. The number of benzene rings is 1. The van der Waals surface area contributed by atoms with Crippen LogP contribution in [0.15, 0.2) is 39.5 Å². The van der Waals surface area contributed by atoms with Gasteiger partial charge in [-0.25, -0.2) is 9.97 Å². The molecule has 122 valence electrons. The lowest BCUT2D eigenvalue weighted by atomic mass is 10.3. The molecule has 0 bridgehead atoms. The molecule has 4 rings (SSSR count). The summed E-state index contributed by atoms with van der Waals surface area (Å²) in [5.74, 6) is 3.34. The lowest BCUT2D eigenvalue weighted by molar-refractivity contribution is 0.485. The van der Waals surface area contributed by atoms with Crippen LogP contribution in [0.5, 0.6) is 0 Å². The highest BCUT2D eigenvalue weighted by molar-refractivity contribution is 7.97. The highest BCUT2D eigenvalue weighted by Crippen LogP contribution is 2.23. The summed E-state index contributed by atoms with van der Waals surface area (Å²) in [5, 5.41) is 8.22. The maximum atomic E-state index is 5.76. The fourth-order valence-electron chi connectivity index (χ4n) is 2.60. The van der Waals surface area contributed by atoms with Crippen LogP contribution in [0.25, 0.3) is 22.6 Å². The van der Waals surface area contributed by atoms with E-state index in [-0.39, 0.29) is 0 Å². The van der Waals surface area contributed by atoms with Crippen molar-refractivity contribution in [2.45, 2.75) is 19.2 Å². The minimum absolute atomic E-state index is 0.368. The van der Waals surface area contributed by atoms with Gasteiger partial charge in [-0.05, 0) is 25.3 Å². The normalized spacial score (nSPS) is 11.4. The third kappa shape index (κ3) is 2.58. The quantitative estimate of drug-likeness (QED) is 0.551. The maximum absolute atomic E-state index is 5.76. The SMILES string of the molecule is CSCc1nc2ccccc2n1Cc1nnc(-c2ncoc2C)o1. The summed E-state index contributed by atoms with van der Waals surface area (Å²) < 4.78 is 13.1. The molecule has 0 N–H and O–H groups in total. The lowest BCUT2D eigenvalue weighted by Gasteiger charge is -2.05. The van der Waals surface area contributed by atoms with Crippen molar-refractivity contribution in [1.82, 2.24) is 24.7 Å². The third-order valence-electron chi connectivity index (χ3n) is 3.71. The zero-order chi connectivity index (χ0) is 16.5. The predicted octanol–water partition coefficient (Wildman–Crippen LogP) is 3.29. The van der Waals surface area contributed by atoms with Gasteiger partial charge in [-0.1, -0.05) is 12.1 Å². The van der Waals surface area contributed by atoms with Gasteiger partial charge in [0.15, 0.2) is 12.1 Å². The molecule has 0 unspecified atom stereocenters. The fraction of sp³-hybridized carbons (Fsp3) is 0.250. The molecular weight excluding hydrogens is 326 g/mol. The topological polar surface area (TPSA) is 82.8 Å². The van der Waals surface area contributed by atoms with Crippen LogP contribution in [0, 0.1) is 6.92 Å². The van der Waals surface area contributed by atoms with Crippen molar-refractivity contribution in [2.24, 2.45) is 0 Å². The highest BCUT2D eigenvalue weighted by atomic mass is 32.2. The Labute approximate surface area is 142 Å². The molecule has 0 aliphatic heterocycles. The van der Waals surface area contributed by atoms with E-state index in [4.69, 9.17) is 13.8 Å². The smallest absolute Gasteiger partial charge is 0.270 e. The number of hydrogen-bond acceptors (Lipinski definition) is 7. The first-order chi connectivity index (χ1) is 11.8. The Bertz CT molecular complexity index is 987. The Morgan fingerprint density at radius 3 is 2.88 bits per heavy atom. The van der Waals surface area contributed by atoms with E-state index in [1.54, 1.807) is 11.8 Å². The summed E-state index contributed by atoms with van der Waals surface area (Å²) >= 11 is 1.73. The Morgan fingerprint density at radius 2 is 2.08 bits per heavy atom. The molecule has 4 aromatic rings. The van der Waals surface area contributed by atoms with Crippen molar-refractivity contribution in [3.63, 3.8) is 0 Å². The van der Waals surface area contributed by atoms with Crippen molar-refractivity contribution in [3.05, 3.63) is 48.1 Å². The predicted molar refractivity (Wildman–Crippen MR) is 90.6 cm³/mol. The van der Waals surface area contributed by atoms with Gasteiger partial charge in [0.05, 0.1) is 16.8 Å². The number of aromatic nitrogens is 5. The van der Waals surface area contributed by atoms with E-state index in [1.165, 1.54) is 6.39 Å². The Hall–Kier alpha value is -2.61. The summed E-state index contributed by atoms with van der Waals surface area (Å²) in [6, 6.07) is 8.04. The Balaban J connectivity index is 1.71. The molecule has 8 heteroatoms. The van der Waals surface area contributed by atoms with E-state index in [2.05, 4.69) is 26.0 Å². The van der Waals surface area contributed by atoms with Crippen molar-refractivity contribution in [3.8, 4) is 11.6 Å². The van der Waals surface area contributed by atoms with Crippen molar-refractivity contribution in [1.29, 1.82) is 0 Å². The molecule has 0 atom stereocenters. The number of nitrogens with zero attached hydrogens (tertiary/aromatic N) is 5. The number of aryl methyl sites for hydroxylation is 1. The van der Waals surface area contributed by atoms with Crippen LogP contribution < -0.4 is 0 Å². The van der Waals surface area contributed by atoms with Gasteiger partial charge in [-0.2, -0.15) is 11.8 Å². The summed E-state index contributed by atoms with van der Waals surface area (Å²) in [6.45, 7) is 2.28. The van der Waals surface area contributed by atoms with Crippen LogP contribution in [-0.2, 0) is 12.3 Å². The number of fused-ring (bicyclic) bond motifs is 1. The number of rotatable bonds is 5. The summed E-state index contributed by atoms with van der Waals surface area (Å²) in [7, 11) is 0. The van der Waals surface area contributed by atoms with E-state index < -0.39 is 0 Å². The van der Waals surface area contributed by atoms with Crippen LogP contribution >= 0.6 is 11.8 Å². The van der Waals surface area contributed by atoms with Crippen molar-refractivity contribution < 1.29 is 8.83 Å². The third-order valence-corrected chi connectivity index (χ3v) is 4.26. The molecule has 0 fully saturated rings. The number of oxazole rings is 1. The number of thioether (sulfide) groups is 1. The summed E-state index contributed by atoms with van der Waals surface area (Å²) in [4.78, 5) is 8.80. The van der Waals surface area contributed by atoms with E-state index >= 15 is 0 Å². The number of imidazole rings is 1. The van der Waals surface area contributed by atoms with Gasteiger partial charge < -0.3 is 13.4 Å². The monoisotopic (exact) mass is 341 g/mol. The molecule has 1 aromatic carbocycles. The van der Waals surface area contributed by atoms with Gasteiger partial charge in [0, 0.05) is 0 Å². The van der Waals surface area contributed by atoms with E-state index in [0.29, 0.717) is 29.8 Å². The average Bonchev–Trinajstić information content (AvgIpc) is 3.28. The Morgan fingerprint density at radius 1 is 1.21 bits per heavy atom. The zero-order valence-corrected chi connectivity index (χ0v) is 14.1. The van der Waals surface area contributed by atoms with Gasteiger partial charge in [-0.15, -0.1) is 10.2 Å². The van der Waals surface area contributed by atoms with E-state index in [9.17, 15) is 0 Å². The van der Waals surface area contributed by atoms with Gasteiger partial charge in [0.25, 0.3) is 5.89 Å². The molecule has 0 spiro atoms. The molecule has 0 amide bonds. The van der Waals surface area contributed by atoms with Crippen LogP contribution in [-0.4, -0.2) is 31.0 Å². The summed E-state index contributed by atoms with van der Waals surface area (Å²) in [5.41, 5.74) is 2.60. The van der Waals surface area contributed by atoms with Gasteiger partial charge in [-0.3, -0.25) is 0 Å². The molecule has 7 nitrogen and oxygen atoms in total. The second-order valence-corrected chi connectivity index (χ2v) is 6.16. The molecule has 3 aromatic heterocycles. The minimum atomic E-state index is 0.368. The maximum Gasteiger partial charge on any atom is 0.270 e. The minimum Gasteiger partial charge on any atom is -0.448 e. The molecule has 0 saturated heterocycles. The molecule has 3 heterocycles. The first kappa shape index (κ1) is 14.9. The van der Waals surface area contributed by atoms with Gasteiger partial charge in [0.1, 0.15) is 18.1 Å². The second kappa shape index (κ2) is 6.12. The molecule has 0 aliphatic carbocycles. The van der Waals surface area contributed by atoms with Gasteiger partial charge >= 0.3 is 0 Å². The van der Waals surface area contributed by atoms with Crippen LogP contribution in [0.2, 0.25) is 0 Å². The van der Waals surface area contributed by atoms with E-state index in [0.717, 1.165) is 22.6 Å². The second-order valence-electron chi connectivity index (χ2n) is 5.29. The number of para-hydroxylation sites is 2. The molecular formula is C16H15N5O2S. The van der Waals surface area contributed by atoms with Crippen molar-refractivity contribution in [2.75, 3.05) is 6.26 Å². The highest BCUT2D eigenvalue weighted by Gasteiger charge is 2.17. The average molecular weight is 341 g/mol. The standard InChI is InChI=1S/C16H15N5O2S/c1-10-15(17-9-22-10)16-20-19-14(23-16)7-21-12-6-4-3-5-11(12)18-13(21)8-24-2/h3-6,9H,7-8H2,1-2H3.